The highest BCUT2D eigenvalue weighted by Gasteiger charge is 2.10. The van der Waals surface area contributed by atoms with Crippen LogP contribution in [0.15, 0.2) is 4.99 Å². The summed E-state index contributed by atoms with van der Waals surface area (Å²) in [5, 5.41) is 15.2. The molecule has 1 aromatic heterocycles. The van der Waals surface area contributed by atoms with Crippen LogP contribution in [0.2, 0.25) is 0 Å². The Bertz CT molecular complexity index is 529. The maximum Gasteiger partial charge on any atom is 0.191 e. The van der Waals surface area contributed by atoms with Crippen molar-refractivity contribution in [3.8, 4) is 0 Å². The van der Waals surface area contributed by atoms with Crippen molar-refractivity contribution in [1.82, 2.24) is 30.3 Å². The van der Waals surface area contributed by atoms with E-state index in [1.807, 2.05) is 30.3 Å². The van der Waals surface area contributed by atoms with Gasteiger partial charge in [0.1, 0.15) is 12.4 Å². The lowest BCUT2D eigenvalue weighted by atomic mass is 10.1. The number of hydrogen-bond acceptors (Lipinski definition) is 5. The summed E-state index contributed by atoms with van der Waals surface area (Å²) in [6.45, 7) is 7.90. The van der Waals surface area contributed by atoms with Crippen LogP contribution in [0.3, 0.4) is 0 Å². The zero-order valence-corrected chi connectivity index (χ0v) is 19.5. The van der Waals surface area contributed by atoms with Gasteiger partial charge in [0.15, 0.2) is 11.8 Å². The third-order valence-corrected chi connectivity index (χ3v) is 5.25. The van der Waals surface area contributed by atoms with E-state index < -0.39 is 0 Å². The first kappa shape index (κ1) is 23.5. The molecule has 0 aromatic carbocycles. The van der Waals surface area contributed by atoms with Gasteiger partial charge < -0.3 is 20.1 Å². The summed E-state index contributed by atoms with van der Waals surface area (Å²) >= 11 is 1.88. The highest BCUT2D eigenvalue weighted by atomic mass is 127. The maximum atomic E-state index is 4.69. The molecule has 9 heteroatoms. The first-order valence-electron chi connectivity index (χ1n) is 9.29. The normalized spacial score (nSPS) is 15.6. The number of likely N-dealkylation sites (tertiary alicyclic amines) is 1. The molecule has 1 aliphatic heterocycles. The van der Waals surface area contributed by atoms with E-state index in [0.29, 0.717) is 6.54 Å². The lowest BCUT2D eigenvalue weighted by molar-refractivity contribution is 0.232. The molecular weight excluding hydrogens is 461 g/mol. The summed E-state index contributed by atoms with van der Waals surface area (Å²) < 4.78 is 1.99. The second kappa shape index (κ2) is 13.6. The van der Waals surface area contributed by atoms with Crippen molar-refractivity contribution in [3.05, 3.63) is 11.6 Å². The molecule has 0 amide bonds. The quantitative estimate of drug-likeness (QED) is 0.237. The number of guanidine groups is 1. The van der Waals surface area contributed by atoms with Crippen LogP contribution < -0.4 is 10.6 Å². The first-order valence-corrected chi connectivity index (χ1v) is 10.7. The molecule has 1 fully saturated rings. The zero-order chi connectivity index (χ0) is 17.9. The molecule has 7 nitrogen and oxygen atoms in total. The van der Waals surface area contributed by atoms with Gasteiger partial charge in [0.05, 0.1) is 0 Å². The van der Waals surface area contributed by atoms with Crippen molar-refractivity contribution < 1.29 is 0 Å². The number of aromatic nitrogens is 3. The number of aryl methyl sites for hydroxylation is 1. The van der Waals surface area contributed by atoms with Gasteiger partial charge in [0, 0.05) is 26.7 Å². The predicted octanol–water partition coefficient (Wildman–Crippen LogP) is 2.02. The Labute approximate surface area is 179 Å². The van der Waals surface area contributed by atoms with Crippen LogP contribution in [-0.2, 0) is 13.6 Å². The highest BCUT2D eigenvalue weighted by Crippen LogP contribution is 2.07. The van der Waals surface area contributed by atoms with Gasteiger partial charge in [-0.2, -0.15) is 11.8 Å². The fourth-order valence-electron chi connectivity index (χ4n) is 2.85. The molecule has 0 bridgehead atoms. The summed E-state index contributed by atoms with van der Waals surface area (Å²) in [5.41, 5.74) is 0. The van der Waals surface area contributed by atoms with Crippen LogP contribution in [0.25, 0.3) is 0 Å². The molecule has 1 saturated heterocycles. The molecule has 0 aliphatic carbocycles. The van der Waals surface area contributed by atoms with Crippen molar-refractivity contribution >= 4 is 41.7 Å². The van der Waals surface area contributed by atoms with E-state index in [-0.39, 0.29) is 24.0 Å². The van der Waals surface area contributed by atoms with Crippen molar-refractivity contribution in [2.75, 3.05) is 44.7 Å². The number of halogens is 1. The highest BCUT2D eigenvalue weighted by molar-refractivity contribution is 14.0. The Morgan fingerprint density at radius 2 is 1.88 bits per heavy atom. The van der Waals surface area contributed by atoms with Gasteiger partial charge in [-0.15, -0.1) is 34.2 Å². The minimum atomic E-state index is 0. The Balaban J connectivity index is 0.00000338. The van der Waals surface area contributed by atoms with Gasteiger partial charge in [0.2, 0.25) is 0 Å². The predicted molar refractivity (Wildman–Crippen MR) is 122 cm³/mol. The molecule has 1 aromatic rings. The molecule has 2 heterocycles. The van der Waals surface area contributed by atoms with Crippen molar-refractivity contribution in [2.45, 2.75) is 39.2 Å². The van der Waals surface area contributed by atoms with E-state index in [1.54, 1.807) is 0 Å². The third kappa shape index (κ3) is 8.43. The summed E-state index contributed by atoms with van der Waals surface area (Å²) in [5.74, 6) is 3.84. The van der Waals surface area contributed by atoms with Gasteiger partial charge >= 0.3 is 0 Å². The lowest BCUT2D eigenvalue weighted by Crippen LogP contribution is -2.43. The minimum Gasteiger partial charge on any atom is -0.356 e. The van der Waals surface area contributed by atoms with E-state index in [2.05, 4.69) is 32.0 Å². The minimum absolute atomic E-state index is 0. The lowest BCUT2D eigenvalue weighted by Gasteiger charge is -2.26. The van der Waals surface area contributed by atoms with Gasteiger partial charge in [-0.05, 0) is 51.3 Å². The molecule has 0 atom stereocenters. The molecule has 1 aliphatic rings. The van der Waals surface area contributed by atoms with E-state index in [4.69, 9.17) is 4.99 Å². The van der Waals surface area contributed by atoms with Crippen molar-refractivity contribution in [3.63, 3.8) is 0 Å². The average Bonchev–Trinajstić information content (AvgIpc) is 2.95. The number of nitrogens with zero attached hydrogens (tertiary/aromatic N) is 5. The summed E-state index contributed by atoms with van der Waals surface area (Å²) in [7, 11) is 1.98. The number of rotatable bonds is 9. The van der Waals surface area contributed by atoms with Crippen LogP contribution in [0.1, 0.15) is 37.3 Å². The van der Waals surface area contributed by atoms with E-state index in [9.17, 15) is 0 Å². The van der Waals surface area contributed by atoms with Gasteiger partial charge in [-0.25, -0.2) is 4.99 Å². The molecule has 0 unspecified atom stereocenters. The van der Waals surface area contributed by atoms with Crippen molar-refractivity contribution in [1.29, 1.82) is 0 Å². The number of aliphatic imine (C=N–C) groups is 1. The third-order valence-electron chi connectivity index (χ3n) is 4.55. The topological polar surface area (TPSA) is 70.4 Å². The van der Waals surface area contributed by atoms with Crippen LogP contribution in [-0.4, -0.2) is 70.4 Å². The second-order valence-corrected chi connectivity index (χ2v) is 7.48. The Kier molecular flexibility index (Phi) is 12.3. The van der Waals surface area contributed by atoms with E-state index >= 15 is 0 Å². The summed E-state index contributed by atoms with van der Waals surface area (Å²) in [6, 6.07) is 0. The smallest absolute Gasteiger partial charge is 0.191 e. The summed E-state index contributed by atoms with van der Waals surface area (Å²) in [4.78, 5) is 7.23. The van der Waals surface area contributed by atoms with Crippen LogP contribution >= 0.6 is 35.7 Å². The standard InChI is InChI=1S/C17H33N7S.HI/c1-15-21-22-16(23(15)2)14-20-17(18-8-7-13-25-3)19-9-12-24-10-5-4-6-11-24;/h4-14H2,1-3H3,(H2,18,19,20);1H. The van der Waals surface area contributed by atoms with E-state index in [1.165, 1.54) is 32.4 Å². The fourth-order valence-corrected chi connectivity index (χ4v) is 3.28. The Hall–Kier alpha value is -0.550. The molecule has 2 rings (SSSR count). The molecule has 26 heavy (non-hydrogen) atoms. The first-order chi connectivity index (χ1) is 12.2. The van der Waals surface area contributed by atoms with Crippen LogP contribution in [0, 0.1) is 6.92 Å². The molecule has 0 radical (unpaired) electrons. The Morgan fingerprint density at radius 1 is 1.15 bits per heavy atom. The number of nitrogens with one attached hydrogen (secondary N) is 2. The number of thioether (sulfide) groups is 1. The Morgan fingerprint density at radius 3 is 2.54 bits per heavy atom. The maximum absolute atomic E-state index is 4.69. The largest absolute Gasteiger partial charge is 0.356 e. The van der Waals surface area contributed by atoms with Gasteiger partial charge in [-0.1, -0.05) is 6.42 Å². The van der Waals surface area contributed by atoms with Gasteiger partial charge in [-0.3, -0.25) is 0 Å². The number of piperidine rings is 1. The SMILES string of the molecule is CSCCCNC(=NCc1nnc(C)n1C)NCCN1CCCCC1.I. The molecule has 0 spiro atoms. The van der Waals surface area contributed by atoms with Crippen LogP contribution in [0.5, 0.6) is 0 Å². The van der Waals surface area contributed by atoms with Crippen LogP contribution in [0.4, 0.5) is 0 Å². The summed E-state index contributed by atoms with van der Waals surface area (Å²) in [6.07, 6.45) is 7.32. The number of hydrogen-bond donors (Lipinski definition) is 2. The van der Waals surface area contributed by atoms with E-state index in [0.717, 1.165) is 49.4 Å². The van der Waals surface area contributed by atoms with Crippen molar-refractivity contribution in [2.24, 2.45) is 12.0 Å². The zero-order valence-electron chi connectivity index (χ0n) is 16.3. The monoisotopic (exact) mass is 495 g/mol. The average molecular weight is 495 g/mol. The molecule has 150 valence electrons. The fraction of sp³-hybridized carbons (Fsp3) is 0.824. The molecule has 0 saturated carbocycles. The molecular formula is C17H34IN7S. The van der Waals surface area contributed by atoms with Gasteiger partial charge in [0.25, 0.3) is 0 Å². The second-order valence-electron chi connectivity index (χ2n) is 6.49. The molecule has 2 N–H and O–H groups in total.